The third-order valence-electron chi connectivity index (χ3n) is 8.70. The van der Waals surface area contributed by atoms with E-state index < -0.39 is 36.1 Å². The molecule has 4 aromatic carbocycles. The molecule has 12 nitrogen and oxygen atoms in total. The Labute approximate surface area is 286 Å². The van der Waals surface area contributed by atoms with E-state index in [-0.39, 0.29) is 23.6 Å². The lowest BCUT2D eigenvalue weighted by Gasteiger charge is -2.37. The molecule has 254 valence electrons. The number of amides is 1. The maximum absolute atomic E-state index is 16.0. The Morgan fingerprint density at radius 2 is 1.44 bits per heavy atom. The van der Waals surface area contributed by atoms with Crippen LogP contribution in [0, 0.1) is 0 Å². The molecule has 0 radical (unpaired) electrons. The van der Waals surface area contributed by atoms with E-state index in [1.165, 1.54) is 6.33 Å². The Morgan fingerprint density at radius 3 is 2.04 bits per heavy atom. The quantitative estimate of drug-likeness (QED) is 0.178. The lowest BCUT2D eigenvalue weighted by Crippen LogP contribution is -2.39. The van der Waals surface area contributed by atoms with E-state index in [0.29, 0.717) is 17.1 Å². The van der Waals surface area contributed by atoms with Gasteiger partial charge in [0.2, 0.25) is 0 Å². The minimum atomic E-state index is -1.92. The molecule has 7 rings (SSSR count). The van der Waals surface area contributed by atoms with Crippen LogP contribution in [-0.2, 0) is 15.1 Å². The maximum Gasteiger partial charge on any atom is 0.256 e. The first-order valence-corrected chi connectivity index (χ1v) is 15.8. The van der Waals surface area contributed by atoms with Crippen LogP contribution < -0.4 is 14.8 Å². The molecule has 1 aliphatic rings. The zero-order valence-corrected chi connectivity index (χ0v) is 27.1. The molecule has 50 heavy (non-hydrogen) atoms. The smallest absolute Gasteiger partial charge is 0.256 e. The number of nitrogens with zero attached hydrogens (tertiary/aromatic N) is 5. The first-order chi connectivity index (χ1) is 24.4. The first-order valence-electron chi connectivity index (χ1n) is 15.8. The number of fused-ring (bicyclic) bond motifs is 1. The average Bonchev–Trinajstić information content (AvgIpc) is 3.73. The predicted molar refractivity (Wildman–Crippen MR) is 181 cm³/mol. The number of aliphatic hydroxyl groups excluding tert-OH is 1. The molecule has 1 fully saturated rings. The van der Waals surface area contributed by atoms with Crippen LogP contribution in [0.3, 0.4) is 0 Å². The van der Waals surface area contributed by atoms with Crippen molar-refractivity contribution in [2.45, 2.75) is 30.2 Å². The SMILES string of the molecule is COc1ccc(C(OC[C@@H]2O[C@@H](n3nnc4c(NC(=O)c5ccccc5)ncnc43)[C@@H](F)[C@@H]2O)(c2ccccc2)c2ccc(OC)cc2)cc1. The van der Waals surface area contributed by atoms with Crippen LogP contribution in [0.5, 0.6) is 11.5 Å². The third-order valence-corrected chi connectivity index (χ3v) is 8.70. The number of rotatable bonds is 11. The summed E-state index contributed by atoms with van der Waals surface area (Å²) in [7, 11) is 3.18. The molecule has 0 bridgehead atoms. The van der Waals surface area contributed by atoms with E-state index in [0.717, 1.165) is 21.4 Å². The highest BCUT2D eigenvalue weighted by Gasteiger charge is 2.48. The number of hydrogen-bond acceptors (Lipinski definition) is 10. The van der Waals surface area contributed by atoms with Gasteiger partial charge in [-0.15, -0.1) is 5.10 Å². The highest BCUT2D eigenvalue weighted by atomic mass is 19.1. The van der Waals surface area contributed by atoms with Crippen LogP contribution in [0.2, 0.25) is 0 Å². The number of hydrogen-bond donors (Lipinski definition) is 2. The summed E-state index contributed by atoms with van der Waals surface area (Å²) in [6.45, 7) is -0.217. The number of carbonyl (C=O) groups is 1. The number of alkyl halides is 1. The number of aliphatic hydroxyl groups is 1. The summed E-state index contributed by atoms with van der Waals surface area (Å²) in [6.07, 6.45) is -4.81. The van der Waals surface area contributed by atoms with Crippen LogP contribution >= 0.6 is 0 Å². The molecule has 0 spiro atoms. The summed E-state index contributed by atoms with van der Waals surface area (Å²) in [5.41, 5.74) is 1.76. The number of nitrogens with one attached hydrogen (secondary N) is 1. The number of aromatic nitrogens is 5. The van der Waals surface area contributed by atoms with Gasteiger partial charge < -0.3 is 29.4 Å². The molecule has 2 aromatic heterocycles. The molecule has 0 unspecified atom stereocenters. The number of benzene rings is 4. The van der Waals surface area contributed by atoms with Crippen molar-refractivity contribution >= 4 is 22.9 Å². The van der Waals surface area contributed by atoms with Crippen molar-refractivity contribution < 1.29 is 33.2 Å². The second kappa shape index (κ2) is 14.0. The van der Waals surface area contributed by atoms with E-state index in [1.54, 1.807) is 44.6 Å². The summed E-state index contributed by atoms with van der Waals surface area (Å²) >= 11 is 0. The fourth-order valence-corrected chi connectivity index (χ4v) is 6.12. The molecule has 1 aliphatic heterocycles. The Hall–Kier alpha value is -5.76. The number of anilines is 1. The Bertz CT molecular complexity index is 2020. The second-order valence-electron chi connectivity index (χ2n) is 11.6. The summed E-state index contributed by atoms with van der Waals surface area (Å²) in [5.74, 6) is 1.00. The first kappa shape index (κ1) is 32.8. The zero-order valence-electron chi connectivity index (χ0n) is 27.1. The van der Waals surface area contributed by atoms with Crippen LogP contribution in [0.1, 0.15) is 33.3 Å². The molecule has 13 heteroatoms. The number of ether oxygens (including phenoxy) is 4. The average molecular weight is 677 g/mol. The zero-order chi connectivity index (χ0) is 34.7. The van der Waals surface area contributed by atoms with Crippen molar-refractivity contribution in [1.29, 1.82) is 0 Å². The van der Waals surface area contributed by atoms with Crippen LogP contribution in [0.15, 0.2) is 116 Å². The Kier molecular flexibility index (Phi) is 9.17. The summed E-state index contributed by atoms with van der Waals surface area (Å²) in [5, 5.41) is 22.1. The minimum Gasteiger partial charge on any atom is -0.497 e. The molecule has 6 aromatic rings. The van der Waals surface area contributed by atoms with Gasteiger partial charge in [-0.1, -0.05) is 78.0 Å². The van der Waals surface area contributed by atoms with Crippen molar-refractivity contribution in [3.63, 3.8) is 0 Å². The van der Waals surface area contributed by atoms with Crippen LogP contribution in [0.25, 0.3) is 11.2 Å². The molecule has 3 heterocycles. The summed E-state index contributed by atoms with van der Waals surface area (Å²) in [4.78, 5) is 21.2. The summed E-state index contributed by atoms with van der Waals surface area (Å²) in [6, 6.07) is 33.1. The fraction of sp³-hybridized carbons (Fsp3) is 0.216. The van der Waals surface area contributed by atoms with E-state index in [1.807, 2.05) is 78.9 Å². The Morgan fingerprint density at radius 1 is 0.860 bits per heavy atom. The highest BCUT2D eigenvalue weighted by molar-refractivity contribution is 6.06. The number of halogens is 1. The van der Waals surface area contributed by atoms with Crippen molar-refractivity contribution in [3.8, 4) is 11.5 Å². The molecule has 0 saturated carbocycles. The molecule has 2 N–H and O–H groups in total. The molecule has 1 amide bonds. The normalized spacial score (nSPS) is 19.0. The Balaban J connectivity index is 1.20. The van der Waals surface area contributed by atoms with Gasteiger partial charge in [0.15, 0.2) is 29.4 Å². The van der Waals surface area contributed by atoms with Gasteiger partial charge in [0.05, 0.1) is 20.8 Å². The molecule has 1 saturated heterocycles. The van der Waals surface area contributed by atoms with Gasteiger partial charge in [0.25, 0.3) is 5.91 Å². The standard InChI is InChI=1S/C37H33FN6O6/c1-47-27-17-13-25(14-18-27)37(24-11-7-4-8-12-24,26-15-19-28(48-2)20-16-26)49-21-29-32(45)30(38)36(50-29)44-34-31(42-43-44)33(39-22-40-34)41-35(46)23-9-5-3-6-10-23/h3-20,22,29-30,32,36,45H,21H2,1-2H3,(H,39,40,41,46)/t29-,30-,32+,36+/m0/s1. The minimum absolute atomic E-state index is 0.0931. The fourth-order valence-electron chi connectivity index (χ4n) is 6.12. The molecular formula is C37H33FN6O6. The third kappa shape index (κ3) is 6.02. The van der Waals surface area contributed by atoms with Crippen molar-refractivity contribution in [2.75, 3.05) is 26.1 Å². The molecule has 4 atom stereocenters. The van der Waals surface area contributed by atoms with E-state index in [4.69, 9.17) is 18.9 Å². The van der Waals surface area contributed by atoms with Crippen LogP contribution in [0.4, 0.5) is 10.2 Å². The second-order valence-corrected chi connectivity index (χ2v) is 11.6. The van der Waals surface area contributed by atoms with E-state index >= 15 is 4.39 Å². The van der Waals surface area contributed by atoms with Crippen molar-refractivity contribution in [1.82, 2.24) is 25.0 Å². The van der Waals surface area contributed by atoms with Gasteiger partial charge in [-0.3, -0.25) is 4.79 Å². The van der Waals surface area contributed by atoms with E-state index in [9.17, 15) is 9.90 Å². The van der Waals surface area contributed by atoms with Gasteiger partial charge in [-0.25, -0.2) is 14.4 Å². The van der Waals surface area contributed by atoms with Gasteiger partial charge >= 0.3 is 0 Å². The van der Waals surface area contributed by atoms with E-state index in [2.05, 4.69) is 25.6 Å². The van der Waals surface area contributed by atoms with Gasteiger partial charge in [0.1, 0.15) is 35.6 Å². The summed E-state index contributed by atoms with van der Waals surface area (Å²) < 4.78 is 40.9. The van der Waals surface area contributed by atoms with Crippen LogP contribution in [-0.4, -0.2) is 75.2 Å². The van der Waals surface area contributed by atoms with Crippen molar-refractivity contribution in [3.05, 3.63) is 138 Å². The molecule has 0 aliphatic carbocycles. The van der Waals surface area contributed by atoms with Gasteiger partial charge in [-0.05, 0) is 53.1 Å². The number of methoxy groups -OCH3 is 2. The van der Waals surface area contributed by atoms with Gasteiger partial charge in [0, 0.05) is 5.56 Å². The number of carbonyl (C=O) groups excluding carboxylic acids is 1. The highest BCUT2D eigenvalue weighted by Crippen LogP contribution is 2.43. The lowest BCUT2D eigenvalue weighted by molar-refractivity contribution is -0.0959. The van der Waals surface area contributed by atoms with Gasteiger partial charge in [-0.2, -0.15) is 4.68 Å². The lowest BCUT2D eigenvalue weighted by atomic mass is 9.80. The largest absolute Gasteiger partial charge is 0.497 e. The van der Waals surface area contributed by atoms with Crippen molar-refractivity contribution in [2.24, 2.45) is 0 Å². The predicted octanol–water partition coefficient (Wildman–Crippen LogP) is 5.10. The maximum atomic E-state index is 16.0. The molecular weight excluding hydrogens is 643 g/mol. The monoisotopic (exact) mass is 676 g/mol. The topological polar surface area (TPSA) is 143 Å².